The molecule has 1 fully saturated rings. The van der Waals surface area contributed by atoms with Crippen LogP contribution < -0.4 is 4.74 Å². The topological polar surface area (TPSA) is 42.4 Å². The molecule has 0 radical (unpaired) electrons. The third-order valence-corrected chi connectivity index (χ3v) is 5.16. The van der Waals surface area contributed by atoms with E-state index in [9.17, 15) is 4.79 Å². The van der Waals surface area contributed by atoms with E-state index in [0.717, 1.165) is 42.8 Å². The van der Waals surface area contributed by atoms with Crippen molar-refractivity contribution in [3.8, 4) is 17.0 Å². The second kappa shape index (κ2) is 8.44. The van der Waals surface area contributed by atoms with Crippen molar-refractivity contribution in [1.82, 2.24) is 9.88 Å². The molecule has 142 valence electrons. The number of ether oxygens (including phenoxy) is 1. The summed E-state index contributed by atoms with van der Waals surface area (Å²) in [6.45, 7) is 2.11. The number of hydrogen-bond acceptors (Lipinski definition) is 3. The van der Waals surface area contributed by atoms with Crippen molar-refractivity contribution in [3.05, 3.63) is 83.0 Å². The molecule has 0 atom stereocenters. The highest BCUT2D eigenvalue weighted by molar-refractivity contribution is 6.32. The van der Waals surface area contributed by atoms with Crippen LogP contribution in [0.25, 0.3) is 11.3 Å². The van der Waals surface area contributed by atoms with E-state index < -0.39 is 0 Å². The smallest absolute Gasteiger partial charge is 0.253 e. The first kappa shape index (κ1) is 18.5. The van der Waals surface area contributed by atoms with Gasteiger partial charge in [-0.25, -0.2) is 0 Å². The molecule has 1 amide bonds. The highest BCUT2D eigenvalue weighted by Crippen LogP contribution is 2.30. The zero-order chi connectivity index (χ0) is 19.3. The standard InChI is InChI=1S/C23H21ClN2O2/c24-20-14-18(8-9-22(20)28-16-17-6-2-1-3-7-17)21-15-19(10-11-25-21)23(27)26-12-4-5-13-26/h1-3,6-11,14-15H,4-5,12-13,16H2. The molecule has 1 aliphatic heterocycles. The summed E-state index contributed by atoms with van der Waals surface area (Å²) in [6.07, 6.45) is 3.82. The van der Waals surface area contributed by atoms with Gasteiger partial charge < -0.3 is 9.64 Å². The number of pyridine rings is 1. The molecule has 2 aromatic carbocycles. The Balaban J connectivity index is 1.51. The van der Waals surface area contributed by atoms with Crippen LogP contribution >= 0.6 is 11.6 Å². The molecule has 4 rings (SSSR count). The number of nitrogens with zero attached hydrogens (tertiary/aromatic N) is 2. The summed E-state index contributed by atoms with van der Waals surface area (Å²) in [5, 5.41) is 0.520. The molecule has 1 aliphatic rings. The van der Waals surface area contributed by atoms with Gasteiger partial charge in [0, 0.05) is 30.4 Å². The maximum atomic E-state index is 12.6. The maximum Gasteiger partial charge on any atom is 0.253 e. The maximum absolute atomic E-state index is 12.6. The van der Waals surface area contributed by atoms with E-state index in [1.54, 1.807) is 12.3 Å². The van der Waals surface area contributed by atoms with Gasteiger partial charge in [-0.1, -0.05) is 41.9 Å². The van der Waals surface area contributed by atoms with Crippen LogP contribution in [0.15, 0.2) is 66.9 Å². The Kier molecular flexibility index (Phi) is 5.58. The monoisotopic (exact) mass is 392 g/mol. The van der Waals surface area contributed by atoms with E-state index in [0.29, 0.717) is 22.9 Å². The second-order valence-corrected chi connectivity index (χ2v) is 7.26. The van der Waals surface area contributed by atoms with Crippen LogP contribution in [0.1, 0.15) is 28.8 Å². The molecule has 28 heavy (non-hydrogen) atoms. The zero-order valence-electron chi connectivity index (χ0n) is 15.5. The van der Waals surface area contributed by atoms with Gasteiger partial charge in [0.2, 0.25) is 0 Å². The average Bonchev–Trinajstić information content (AvgIpc) is 3.28. The van der Waals surface area contributed by atoms with Gasteiger partial charge in [-0.15, -0.1) is 0 Å². The van der Waals surface area contributed by atoms with Crippen molar-refractivity contribution in [2.24, 2.45) is 0 Å². The first-order chi connectivity index (χ1) is 13.7. The lowest BCUT2D eigenvalue weighted by molar-refractivity contribution is 0.0792. The Morgan fingerprint density at radius 2 is 1.82 bits per heavy atom. The molecule has 0 saturated carbocycles. The molecule has 3 aromatic rings. The zero-order valence-corrected chi connectivity index (χ0v) is 16.2. The predicted molar refractivity (Wildman–Crippen MR) is 111 cm³/mol. The van der Waals surface area contributed by atoms with Gasteiger partial charge in [-0.3, -0.25) is 9.78 Å². The fourth-order valence-electron chi connectivity index (χ4n) is 3.34. The van der Waals surface area contributed by atoms with Crippen LogP contribution in [-0.2, 0) is 6.61 Å². The van der Waals surface area contributed by atoms with E-state index >= 15 is 0 Å². The molecule has 2 heterocycles. The first-order valence-electron chi connectivity index (χ1n) is 9.43. The van der Waals surface area contributed by atoms with Crippen molar-refractivity contribution in [2.75, 3.05) is 13.1 Å². The normalized spacial score (nSPS) is 13.5. The Labute approximate surface area is 169 Å². The Bertz CT molecular complexity index is 969. The SMILES string of the molecule is O=C(c1ccnc(-c2ccc(OCc3ccccc3)c(Cl)c2)c1)N1CCCC1. The third-order valence-electron chi connectivity index (χ3n) is 4.86. The van der Waals surface area contributed by atoms with Crippen molar-refractivity contribution < 1.29 is 9.53 Å². The summed E-state index contributed by atoms with van der Waals surface area (Å²) in [5.74, 6) is 0.689. The van der Waals surface area contributed by atoms with E-state index in [2.05, 4.69) is 4.98 Å². The summed E-state index contributed by atoms with van der Waals surface area (Å²) in [7, 11) is 0. The van der Waals surface area contributed by atoms with Crippen LogP contribution in [-0.4, -0.2) is 28.9 Å². The number of benzene rings is 2. The summed E-state index contributed by atoms with van der Waals surface area (Å²) in [5.41, 5.74) is 3.32. The highest BCUT2D eigenvalue weighted by atomic mass is 35.5. The fraction of sp³-hybridized carbons (Fsp3) is 0.217. The van der Waals surface area contributed by atoms with Gasteiger partial charge >= 0.3 is 0 Å². The van der Waals surface area contributed by atoms with Gasteiger partial charge in [-0.2, -0.15) is 0 Å². The van der Waals surface area contributed by atoms with E-state index in [1.807, 2.05) is 59.5 Å². The van der Waals surface area contributed by atoms with Crippen molar-refractivity contribution >= 4 is 17.5 Å². The Morgan fingerprint density at radius 1 is 1.04 bits per heavy atom. The molecule has 0 spiro atoms. The summed E-state index contributed by atoms with van der Waals surface area (Å²) < 4.78 is 5.83. The van der Waals surface area contributed by atoms with E-state index in [4.69, 9.17) is 16.3 Å². The number of likely N-dealkylation sites (tertiary alicyclic amines) is 1. The van der Waals surface area contributed by atoms with Gasteiger partial charge in [0.25, 0.3) is 5.91 Å². The number of halogens is 1. The quantitative estimate of drug-likeness (QED) is 0.598. The van der Waals surface area contributed by atoms with Crippen molar-refractivity contribution in [2.45, 2.75) is 19.4 Å². The average molecular weight is 393 g/mol. The second-order valence-electron chi connectivity index (χ2n) is 6.85. The number of rotatable bonds is 5. The van der Waals surface area contributed by atoms with Crippen LogP contribution in [0.4, 0.5) is 0 Å². The fourth-order valence-corrected chi connectivity index (χ4v) is 3.57. The molecule has 5 heteroatoms. The lowest BCUT2D eigenvalue weighted by Crippen LogP contribution is -2.27. The molecule has 4 nitrogen and oxygen atoms in total. The molecular formula is C23H21ClN2O2. The van der Waals surface area contributed by atoms with Crippen LogP contribution in [0.2, 0.25) is 5.02 Å². The summed E-state index contributed by atoms with van der Waals surface area (Å²) >= 11 is 6.42. The minimum Gasteiger partial charge on any atom is -0.487 e. The Hall–Kier alpha value is -2.85. The predicted octanol–water partition coefficient (Wildman–Crippen LogP) is 5.22. The lowest BCUT2D eigenvalue weighted by Gasteiger charge is -2.15. The van der Waals surface area contributed by atoms with Gasteiger partial charge in [-0.05, 0) is 48.7 Å². The first-order valence-corrected chi connectivity index (χ1v) is 9.80. The van der Waals surface area contributed by atoms with Gasteiger partial charge in [0.05, 0.1) is 10.7 Å². The number of carbonyl (C=O) groups is 1. The molecule has 1 saturated heterocycles. The van der Waals surface area contributed by atoms with Crippen molar-refractivity contribution in [3.63, 3.8) is 0 Å². The number of carbonyl (C=O) groups excluding carboxylic acids is 1. The summed E-state index contributed by atoms with van der Waals surface area (Å²) in [6, 6.07) is 19.1. The van der Waals surface area contributed by atoms with Crippen LogP contribution in [0.3, 0.4) is 0 Å². The minimum atomic E-state index is 0.0649. The molecular weight excluding hydrogens is 372 g/mol. The molecule has 0 N–H and O–H groups in total. The van der Waals surface area contributed by atoms with E-state index in [1.165, 1.54) is 0 Å². The van der Waals surface area contributed by atoms with Crippen LogP contribution in [0.5, 0.6) is 5.75 Å². The third kappa shape index (κ3) is 4.18. The lowest BCUT2D eigenvalue weighted by atomic mass is 10.1. The van der Waals surface area contributed by atoms with Crippen molar-refractivity contribution in [1.29, 1.82) is 0 Å². The number of hydrogen-bond donors (Lipinski definition) is 0. The molecule has 0 aliphatic carbocycles. The van der Waals surface area contributed by atoms with Gasteiger partial charge in [0.15, 0.2) is 0 Å². The molecule has 0 unspecified atom stereocenters. The largest absolute Gasteiger partial charge is 0.487 e. The molecule has 1 aromatic heterocycles. The Morgan fingerprint density at radius 3 is 2.57 bits per heavy atom. The number of amides is 1. The number of aromatic nitrogens is 1. The van der Waals surface area contributed by atoms with Crippen LogP contribution in [0, 0.1) is 0 Å². The summed E-state index contributed by atoms with van der Waals surface area (Å²) in [4.78, 5) is 18.9. The van der Waals surface area contributed by atoms with Gasteiger partial charge in [0.1, 0.15) is 12.4 Å². The minimum absolute atomic E-state index is 0.0649. The highest BCUT2D eigenvalue weighted by Gasteiger charge is 2.20. The van der Waals surface area contributed by atoms with E-state index in [-0.39, 0.29) is 5.91 Å². The molecule has 0 bridgehead atoms.